The molecule has 1 unspecified atom stereocenters. The average molecular weight is 1380 g/mol. The van der Waals surface area contributed by atoms with Gasteiger partial charge in [-0.05, 0) is 152 Å². The molecule has 0 fully saturated rings. The number of hydrogen-bond acceptors (Lipinski definition) is 11. The third-order valence-corrected chi connectivity index (χ3v) is 12.6. The van der Waals surface area contributed by atoms with Crippen LogP contribution in [0.3, 0.4) is 0 Å². The molecule has 0 saturated heterocycles. The normalized spacial score (nSPS) is 10.7. The summed E-state index contributed by atoms with van der Waals surface area (Å²) in [6, 6.07) is 47.4. The standard InChI is InChI=1S/C25H20F2NO3P.C17H10BrF2NO.C10H6BrNO.CH2O3.2Cs.H/c26-23-17-16-19(18-24(23)27)25(28-20-10-4-1-5-11-20)32(29,30-21-12-6-2-7-13-21)31-22-14-8-3-9-15-22;18-13-7-12-5-10(1-4-16(12)21-9-13)6-17(22)11-2-3-14(19)15(20)8-11;11-9-4-8-3-7(6-13)1-2-10(8)12-5-9;2-1-4-3;;;/h1-18,25,28H;1-5,7-9H,6H2;1-6H;1,3H;;;/q;;;;2*+1;-1/p-1. The molecule has 0 aliphatic carbocycles. The zero-order chi connectivity index (χ0) is 50.8. The van der Waals surface area contributed by atoms with E-state index in [4.69, 9.17) is 19.1 Å². The van der Waals surface area contributed by atoms with Gasteiger partial charge in [-0.3, -0.25) is 24.4 Å². The van der Waals surface area contributed by atoms with Gasteiger partial charge in [-0.15, -0.1) is 0 Å². The number of benzene rings is 7. The van der Waals surface area contributed by atoms with Crippen molar-refractivity contribution in [2.45, 2.75) is 12.2 Å². The molecular formula is C53H38Br2Cs2F4N3O8P. The van der Waals surface area contributed by atoms with Gasteiger partial charge in [0.15, 0.2) is 34.8 Å². The maximum Gasteiger partial charge on any atom is 1.00 e. The maximum absolute atomic E-state index is 14.3. The maximum atomic E-state index is 14.3. The van der Waals surface area contributed by atoms with Gasteiger partial charge < -0.3 is 25.9 Å². The van der Waals surface area contributed by atoms with Crippen molar-refractivity contribution < 1.29 is 195 Å². The minimum absolute atomic E-state index is 0. The van der Waals surface area contributed by atoms with Gasteiger partial charge in [-0.25, -0.2) is 22.1 Å². The van der Waals surface area contributed by atoms with E-state index in [9.17, 15) is 31.7 Å². The molecule has 20 heteroatoms. The van der Waals surface area contributed by atoms with Crippen LogP contribution in [0.5, 0.6) is 11.5 Å². The summed E-state index contributed by atoms with van der Waals surface area (Å²) in [5.41, 5.74) is 4.17. The van der Waals surface area contributed by atoms with Crippen molar-refractivity contribution in [3.05, 3.63) is 243 Å². The van der Waals surface area contributed by atoms with Crippen LogP contribution in [0.15, 0.2) is 197 Å². The van der Waals surface area contributed by atoms with Crippen molar-refractivity contribution in [2.75, 3.05) is 5.32 Å². The first kappa shape index (κ1) is 62.1. The Morgan fingerprint density at radius 1 is 0.630 bits per heavy atom. The van der Waals surface area contributed by atoms with E-state index in [-0.39, 0.29) is 169 Å². The second-order valence-corrected chi connectivity index (χ2v) is 18.6. The number of halogens is 6. The van der Waals surface area contributed by atoms with Gasteiger partial charge in [0, 0.05) is 55.3 Å². The largest absolute Gasteiger partial charge is 1.00 e. The first-order valence-corrected chi connectivity index (χ1v) is 24.1. The molecule has 11 nitrogen and oxygen atoms in total. The van der Waals surface area contributed by atoms with Crippen LogP contribution in [0.1, 0.15) is 39.1 Å². The molecule has 9 aromatic rings. The Hall–Kier alpha value is -3.46. The Balaban J connectivity index is 0.000000298. The summed E-state index contributed by atoms with van der Waals surface area (Å²) in [5.74, 6) is -4.82. The summed E-state index contributed by atoms with van der Waals surface area (Å²) < 4.78 is 81.8. The van der Waals surface area contributed by atoms with E-state index in [2.05, 4.69) is 52.0 Å². The number of Topliss-reactive ketones (excluding diaryl/α,β-unsaturated/α-hetero) is 1. The Bertz CT molecular complexity index is 3270. The first-order chi connectivity index (χ1) is 34.3. The fourth-order valence-corrected chi connectivity index (χ4v) is 9.13. The number of carbonyl (C=O) groups is 3. The van der Waals surface area contributed by atoms with Gasteiger partial charge in [0.2, 0.25) is 0 Å². The van der Waals surface area contributed by atoms with Crippen molar-refractivity contribution in [1.29, 1.82) is 0 Å². The molecule has 362 valence electrons. The van der Waals surface area contributed by atoms with Gasteiger partial charge in [0.05, 0.1) is 11.0 Å². The number of carbonyl (C=O) groups excluding carboxylic acids is 3. The molecule has 1 atom stereocenters. The summed E-state index contributed by atoms with van der Waals surface area (Å²) in [6.45, 7) is -0.181. The van der Waals surface area contributed by atoms with Gasteiger partial charge in [0.25, 0.3) is 6.47 Å². The number of aldehydes is 1. The molecule has 0 aliphatic heterocycles. The van der Waals surface area contributed by atoms with E-state index in [0.717, 1.165) is 66.9 Å². The molecule has 9 rings (SSSR count). The molecule has 0 bridgehead atoms. The molecule has 2 heterocycles. The molecule has 7 aromatic carbocycles. The third-order valence-electron chi connectivity index (χ3n) is 9.77. The predicted molar refractivity (Wildman–Crippen MR) is 268 cm³/mol. The third kappa shape index (κ3) is 19.3. The Morgan fingerprint density at radius 2 is 1.12 bits per heavy atom. The van der Waals surface area contributed by atoms with Crippen LogP contribution >= 0.6 is 39.5 Å². The summed E-state index contributed by atoms with van der Waals surface area (Å²) in [5, 5.41) is 13.4. The second-order valence-electron chi connectivity index (χ2n) is 14.8. The minimum atomic E-state index is -4.10. The average Bonchev–Trinajstić information content (AvgIpc) is 3.38. The predicted octanol–water partition coefficient (Wildman–Crippen LogP) is 7.49. The summed E-state index contributed by atoms with van der Waals surface area (Å²) in [6.07, 6.45) is 4.39. The monoisotopic (exact) mass is 1370 g/mol. The Morgan fingerprint density at radius 3 is 1.63 bits per heavy atom. The quantitative estimate of drug-likeness (QED) is 0.0305. The van der Waals surface area contributed by atoms with Gasteiger partial charge >= 0.3 is 145 Å². The van der Waals surface area contributed by atoms with Crippen molar-refractivity contribution in [2.24, 2.45) is 0 Å². The minimum Gasteiger partial charge on any atom is -1.00 e. The Labute approximate surface area is 552 Å². The van der Waals surface area contributed by atoms with E-state index in [1.165, 1.54) is 12.1 Å². The van der Waals surface area contributed by atoms with E-state index in [1.807, 2.05) is 42.5 Å². The smallest absolute Gasteiger partial charge is 1.00 e. The number of hydrogen-bond donors (Lipinski definition) is 1. The fraction of sp³-hybridized carbons (Fsp3) is 0.0377. The van der Waals surface area contributed by atoms with E-state index in [0.29, 0.717) is 22.7 Å². The van der Waals surface area contributed by atoms with Crippen LogP contribution in [-0.2, 0) is 20.7 Å². The molecule has 0 aliphatic rings. The number of ketones is 1. The molecular weight excluding hydrogens is 1340 g/mol. The van der Waals surface area contributed by atoms with Gasteiger partial charge in [0.1, 0.15) is 17.8 Å². The topological polar surface area (TPSA) is 157 Å². The van der Waals surface area contributed by atoms with Crippen LogP contribution in [-0.4, -0.2) is 28.5 Å². The van der Waals surface area contributed by atoms with Crippen molar-refractivity contribution in [3.8, 4) is 11.5 Å². The van der Waals surface area contributed by atoms with Crippen molar-refractivity contribution in [1.82, 2.24) is 9.97 Å². The number of nitrogens with zero attached hydrogens (tertiary/aromatic N) is 2. The second kappa shape index (κ2) is 31.6. The molecule has 0 saturated carbocycles. The van der Waals surface area contributed by atoms with Crippen molar-refractivity contribution in [3.63, 3.8) is 0 Å². The van der Waals surface area contributed by atoms with Gasteiger partial charge in [-0.2, -0.15) is 0 Å². The molecule has 0 amide bonds. The molecule has 73 heavy (non-hydrogen) atoms. The SMILES string of the molecule is O=C(Cc1ccc2ncc(Br)cc2c1)c1ccc(F)c(F)c1.O=CO[O-].O=Cc1ccc2ncc(Br)cc2c1.O=P(Oc1ccccc1)(Oc1ccccc1)C(Nc1ccccc1)c1ccc(F)c(F)c1.[Cs+].[Cs+].[H-]. The number of fused-ring (bicyclic) bond motifs is 2. The van der Waals surface area contributed by atoms with Crippen LogP contribution in [0, 0.1) is 23.3 Å². The molecule has 0 radical (unpaired) electrons. The van der Waals surface area contributed by atoms with E-state index >= 15 is 0 Å². The van der Waals surface area contributed by atoms with Crippen LogP contribution < -0.4 is 157 Å². The fourth-order valence-electron chi connectivity index (χ4n) is 6.52. The molecule has 2 aromatic heterocycles. The van der Waals surface area contributed by atoms with Crippen LogP contribution in [0.4, 0.5) is 23.2 Å². The Kier molecular flexibility index (Phi) is 26.8. The summed E-state index contributed by atoms with van der Waals surface area (Å²) >= 11 is 6.68. The number of nitrogens with one attached hydrogen (secondary N) is 1. The summed E-state index contributed by atoms with van der Waals surface area (Å²) in [4.78, 5) is 42.4. The summed E-state index contributed by atoms with van der Waals surface area (Å²) in [7, 11) is -4.10. The number of pyridine rings is 2. The van der Waals surface area contributed by atoms with Crippen molar-refractivity contribution >= 4 is 85.5 Å². The van der Waals surface area contributed by atoms with Crippen LogP contribution in [0.2, 0.25) is 0 Å². The molecule has 1 N–H and O–H groups in total. The number of anilines is 1. The number of aromatic nitrogens is 2. The first-order valence-electron chi connectivity index (χ1n) is 20.9. The number of rotatable bonds is 13. The van der Waals surface area contributed by atoms with E-state index < -0.39 is 36.6 Å². The zero-order valence-corrected chi connectivity index (χ0v) is 55.3. The van der Waals surface area contributed by atoms with E-state index in [1.54, 1.807) is 109 Å². The zero-order valence-electron chi connectivity index (χ0n) is 39.7. The molecule has 0 spiro atoms. The van der Waals surface area contributed by atoms with Crippen LogP contribution in [0.25, 0.3) is 21.8 Å². The van der Waals surface area contributed by atoms with Gasteiger partial charge in [-0.1, -0.05) is 66.7 Å². The number of para-hydroxylation sites is 3.